The maximum absolute atomic E-state index is 9.10. The van der Waals surface area contributed by atoms with Crippen molar-refractivity contribution in [3.8, 4) is 0 Å². The van der Waals surface area contributed by atoms with E-state index >= 15 is 0 Å². The van der Waals surface area contributed by atoms with E-state index in [1.165, 1.54) is 6.42 Å². The van der Waals surface area contributed by atoms with E-state index in [0.29, 0.717) is 6.17 Å². The molecule has 100 valence electrons. The lowest BCUT2D eigenvalue weighted by Gasteiger charge is -2.20. The summed E-state index contributed by atoms with van der Waals surface area (Å²) in [5.74, 6) is -3.65. The molecule has 0 amide bonds. The Bertz CT molecular complexity index is 225. The zero-order valence-electron chi connectivity index (χ0n) is 10.1. The fraction of sp³-hybridized carbons (Fsp3) is 0.800. The highest BCUT2D eigenvalue weighted by Crippen LogP contribution is 2.09. The molecule has 17 heavy (non-hydrogen) atoms. The van der Waals surface area contributed by atoms with Gasteiger partial charge in [0.05, 0.1) is 6.17 Å². The molecule has 0 aromatic carbocycles. The van der Waals surface area contributed by atoms with Crippen molar-refractivity contribution in [1.82, 2.24) is 10.6 Å². The molecule has 2 unspecified atom stereocenters. The van der Waals surface area contributed by atoms with E-state index in [1.54, 1.807) is 0 Å². The third-order valence-corrected chi connectivity index (χ3v) is 2.26. The van der Waals surface area contributed by atoms with Gasteiger partial charge in [-0.3, -0.25) is 5.32 Å². The van der Waals surface area contributed by atoms with Gasteiger partial charge in [-0.25, -0.2) is 9.59 Å². The topological polar surface area (TPSA) is 108 Å². The standard InChI is InChI=1S/C8H18N2O.C2H2O4/c1-3-7(9-2)10-8-5-4-6-11-8;3-1(4)2(5)6/h7-10H,3-6H2,1-2H3;(H,3,4)(H,5,6). The third kappa shape index (κ3) is 7.67. The number of hydrogen-bond acceptors (Lipinski definition) is 5. The Morgan fingerprint density at radius 2 is 2.00 bits per heavy atom. The van der Waals surface area contributed by atoms with Gasteiger partial charge in [-0.1, -0.05) is 6.92 Å². The van der Waals surface area contributed by atoms with Crippen LogP contribution in [0, 0.1) is 0 Å². The predicted molar refractivity (Wildman–Crippen MR) is 60.5 cm³/mol. The van der Waals surface area contributed by atoms with Crippen molar-refractivity contribution in [3.63, 3.8) is 0 Å². The van der Waals surface area contributed by atoms with Gasteiger partial charge in [-0.15, -0.1) is 0 Å². The third-order valence-electron chi connectivity index (χ3n) is 2.26. The highest BCUT2D eigenvalue weighted by Gasteiger charge is 2.17. The van der Waals surface area contributed by atoms with Crippen LogP contribution < -0.4 is 10.6 Å². The van der Waals surface area contributed by atoms with Gasteiger partial charge in [0.15, 0.2) is 0 Å². The van der Waals surface area contributed by atoms with Crippen molar-refractivity contribution < 1.29 is 24.5 Å². The molecule has 1 aliphatic heterocycles. The van der Waals surface area contributed by atoms with Crippen LogP contribution in [0.1, 0.15) is 26.2 Å². The summed E-state index contributed by atoms with van der Waals surface area (Å²) in [5.41, 5.74) is 0. The largest absolute Gasteiger partial charge is 0.473 e. The fourth-order valence-electron chi connectivity index (χ4n) is 1.34. The van der Waals surface area contributed by atoms with Crippen LogP contribution in [0.2, 0.25) is 0 Å². The number of aliphatic carboxylic acids is 2. The van der Waals surface area contributed by atoms with E-state index in [4.69, 9.17) is 24.5 Å². The summed E-state index contributed by atoms with van der Waals surface area (Å²) in [7, 11) is 1.97. The first kappa shape index (κ1) is 15.8. The average Bonchev–Trinajstić information content (AvgIpc) is 2.79. The molecule has 0 spiro atoms. The summed E-state index contributed by atoms with van der Waals surface area (Å²) in [6, 6.07) is 0. The van der Waals surface area contributed by atoms with E-state index in [9.17, 15) is 0 Å². The lowest BCUT2D eigenvalue weighted by Crippen LogP contribution is -2.45. The molecule has 0 saturated carbocycles. The van der Waals surface area contributed by atoms with Crippen LogP contribution in [0.25, 0.3) is 0 Å². The maximum atomic E-state index is 9.10. The van der Waals surface area contributed by atoms with Crippen LogP contribution in [0.4, 0.5) is 0 Å². The van der Waals surface area contributed by atoms with Crippen molar-refractivity contribution >= 4 is 11.9 Å². The summed E-state index contributed by atoms with van der Waals surface area (Å²) in [6.45, 7) is 3.07. The number of rotatable bonds is 4. The molecule has 1 saturated heterocycles. The van der Waals surface area contributed by atoms with Gasteiger partial charge in [-0.2, -0.15) is 0 Å². The SMILES string of the molecule is CCC(NC)NC1CCCO1.O=C(O)C(=O)O. The fourth-order valence-corrected chi connectivity index (χ4v) is 1.34. The summed E-state index contributed by atoms with van der Waals surface area (Å²) in [6.07, 6.45) is 4.12. The Labute approximate surface area is 100 Å². The Hall–Kier alpha value is -1.18. The molecule has 2 atom stereocenters. The molecule has 0 radical (unpaired) electrons. The van der Waals surface area contributed by atoms with Crippen LogP contribution >= 0.6 is 0 Å². The highest BCUT2D eigenvalue weighted by atomic mass is 16.5. The number of carboxylic acids is 2. The van der Waals surface area contributed by atoms with E-state index in [1.807, 2.05) is 7.05 Å². The normalized spacial score (nSPS) is 20.2. The Morgan fingerprint density at radius 3 is 2.29 bits per heavy atom. The van der Waals surface area contributed by atoms with Gasteiger partial charge in [-0.05, 0) is 26.3 Å². The summed E-state index contributed by atoms with van der Waals surface area (Å²) < 4.78 is 5.44. The molecular formula is C10H20N2O5. The molecule has 0 aliphatic carbocycles. The van der Waals surface area contributed by atoms with Crippen molar-refractivity contribution in [1.29, 1.82) is 0 Å². The molecule has 4 N–H and O–H groups in total. The first-order chi connectivity index (χ1) is 8.01. The summed E-state index contributed by atoms with van der Waals surface area (Å²) in [5, 5.41) is 21.4. The first-order valence-electron chi connectivity index (χ1n) is 5.52. The molecule has 0 bridgehead atoms. The first-order valence-corrected chi connectivity index (χ1v) is 5.52. The zero-order chi connectivity index (χ0) is 13.3. The number of carboxylic acid groups (broad SMARTS) is 2. The number of nitrogens with one attached hydrogen (secondary N) is 2. The average molecular weight is 248 g/mol. The quantitative estimate of drug-likeness (QED) is 0.404. The molecule has 1 rings (SSSR count). The zero-order valence-corrected chi connectivity index (χ0v) is 10.1. The Kier molecular flexibility index (Phi) is 8.29. The molecule has 0 aromatic rings. The maximum Gasteiger partial charge on any atom is 0.414 e. The van der Waals surface area contributed by atoms with Crippen molar-refractivity contribution in [2.24, 2.45) is 0 Å². The second kappa shape index (κ2) is 8.91. The van der Waals surface area contributed by atoms with Crippen LogP contribution in [-0.4, -0.2) is 48.2 Å². The number of ether oxygens (including phenoxy) is 1. The number of hydrogen-bond donors (Lipinski definition) is 4. The highest BCUT2D eigenvalue weighted by molar-refractivity contribution is 6.27. The molecule has 7 heteroatoms. The van der Waals surface area contributed by atoms with Gasteiger partial charge >= 0.3 is 11.9 Å². The summed E-state index contributed by atoms with van der Waals surface area (Å²) in [4.78, 5) is 18.2. The van der Waals surface area contributed by atoms with Crippen molar-refractivity contribution in [2.45, 2.75) is 38.6 Å². The smallest absolute Gasteiger partial charge is 0.414 e. The van der Waals surface area contributed by atoms with Crippen LogP contribution in [0.5, 0.6) is 0 Å². The lowest BCUT2D eigenvalue weighted by atomic mass is 10.3. The molecule has 1 fully saturated rings. The van der Waals surface area contributed by atoms with Gasteiger partial charge in [0.1, 0.15) is 6.23 Å². The van der Waals surface area contributed by atoms with Gasteiger partial charge < -0.3 is 20.3 Å². The van der Waals surface area contributed by atoms with Gasteiger partial charge in [0.25, 0.3) is 0 Å². The van der Waals surface area contributed by atoms with Gasteiger partial charge in [0, 0.05) is 6.61 Å². The molecule has 7 nitrogen and oxygen atoms in total. The van der Waals surface area contributed by atoms with Crippen LogP contribution in [0.3, 0.4) is 0 Å². The monoisotopic (exact) mass is 248 g/mol. The molecule has 1 heterocycles. The lowest BCUT2D eigenvalue weighted by molar-refractivity contribution is -0.159. The second-order valence-electron chi connectivity index (χ2n) is 3.53. The Balaban J connectivity index is 0.000000366. The summed E-state index contributed by atoms with van der Waals surface area (Å²) >= 11 is 0. The Morgan fingerprint density at radius 1 is 1.41 bits per heavy atom. The van der Waals surface area contributed by atoms with E-state index in [2.05, 4.69) is 17.6 Å². The van der Waals surface area contributed by atoms with Crippen molar-refractivity contribution in [2.75, 3.05) is 13.7 Å². The van der Waals surface area contributed by atoms with Crippen LogP contribution in [-0.2, 0) is 14.3 Å². The van der Waals surface area contributed by atoms with Crippen molar-refractivity contribution in [3.05, 3.63) is 0 Å². The minimum absolute atomic E-state index is 0.285. The minimum atomic E-state index is -1.82. The molecule has 1 aliphatic rings. The van der Waals surface area contributed by atoms with Gasteiger partial charge in [0.2, 0.25) is 0 Å². The van der Waals surface area contributed by atoms with Crippen LogP contribution in [0.15, 0.2) is 0 Å². The second-order valence-corrected chi connectivity index (χ2v) is 3.53. The van der Waals surface area contributed by atoms with E-state index < -0.39 is 11.9 Å². The predicted octanol–water partition coefficient (Wildman–Crippen LogP) is -0.176. The molecular weight excluding hydrogens is 228 g/mol. The molecule has 0 aromatic heterocycles. The number of carbonyl (C=O) groups is 2. The minimum Gasteiger partial charge on any atom is -0.473 e. The van der Waals surface area contributed by atoms with E-state index in [-0.39, 0.29) is 6.23 Å². The van der Waals surface area contributed by atoms with E-state index in [0.717, 1.165) is 19.4 Å².